The molecule has 1 fully saturated rings. The highest BCUT2D eigenvalue weighted by atomic mass is 16.3. The number of rotatable bonds is 3. The second-order valence-electron chi connectivity index (χ2n) is 4.69. The number of nitrogen functional groups attached to an aromatic ring is 1. The molecule has 1 aliphatic rings. The fourth-order valence-electron chi connectivity index (χ4n) is 2.35. The summed E-state index contributed by atoms with van der Waals surface area (Å²) >= 11 is 0. The number of benzene rings is 1. The maximum absolute atomic E-state index is 9.35. The van der Waals surface area contributed by atoms with Gasteiger partial charge < -0.3 is 10.8 Å². The third kappa shape index (κ3) is 2.47. The lowest BCUT2D eigenvalue weighted by molar-refractivity contribution is 0.315. The van der Waals surface area contributed by atoms with Crippen molar-refractivity contribution in [2.24, 2.45) is 5.92 Å². The summed E-state index contributed by atoms with van der Waals surface area (Å²) in [6, 6.07) is 5.50. The summed E-state index contributed by atoms with van der Waals surface area (Å²) in [6.45, 7) is 5.57. The molecule has 1 unspecified atom stereocenters. The molecular formula is C13H20N2O. The van der Waals surface area contributed by atoms with Crippen molar-refractivity contribution in [1.29, 1.82) is 0 Å². The average Bonchev–Trinajstić information content (AvgIpc) is 2.71. The summed E-state index contributed by atoms with van der Waals surface area (Å²) < 4.78 is 0. The van der Waals surface area contributed by atoms with Crippen molar-refractivity contribution in [3.8, 4) is 5.75 Å². The van der Waals surface area contributed by atoms with Gasteiger partial charge in [0.15, 0.2) is 0 Å². The molecule has 3 N–H and O–H groups in total. The number of anilines is 1. The van der Waals surface area contributed by atoms with E-state index in [2.05, 4.69) is 11.8 Å². The SMILES string of the molecule is CCC1CCN(Cc2ccc(O)c(N)c2)C1. The first-order valence-corrected chi connectivity index (χ1v) is 5.98. The summed E-state index contributed by atoms with van der Waals surface area (Å²) in [5.74, 6) is 1.03. The van der Waals surface area contributed by atoms with E-state index in [1.54, 1.807) is 6.07 Å². The number of likely N-dealkylation sites (tertiary alicyclic amines) is 1. The summed E-state index contributed by atoms with van der Waals surface area (Å²) in [6.07, 6.45) is 2.58. The van der Waals surface area contributed by atoms with Crippen LogP contribution in [0.1, 0.15) is 25.3 Å². The smallest absolute Gasteiger partial charge is 0.138 e. The fourth-order valence-corrected chi connectivity index (χ4v) is 2.35. The number of phenols is 1. The highest BCUT2D eigenvalue weighted by Gasteiger charge is 2.20. The summed E-state index contributed by atoms with van der Waals surface area (Å²) in [5, 5.41) is 9.35. The van der Waals surface area contributed by atoms with Gasteiger partial charge in [0.25, 0.3) is 0 Å². The first-order chi connectivity index (χ1) is 7.69. The molecule has 1 aliphatic heterocycles. The zero-order chi connectivity index (χ0) is 11.5. The molecule has 3 heteroatoms. The van der Waals surface area contributed by atoms with E-state index in [1.807, 2.05) is 12.1 Å². The monoisotopic (exact) mass is 220 g/mol. The van der Waals surface area contributed by atoms with E-state index in [0.717, 1.165) is 12.5 Å². The minimum Gasteiger partial charge on any atom is -0.506 e. The Bertz CT molecular complexity index is 365. The van der Waals surface area contributed by atoms with Crippen LogP contribution in [-0.2, 0) is 6.54 Å². The van der Waals surface area contributed by atoms with Crippen molar-refractivity contribution in [2.75, 3.05) is 18.8 Å². The molecule has 1 saturated heterocycles. The maximum Gasteiger partial charge on any atom is 0.138 e. The predicted molar refractivity (Wildman–Crippen MR) is 66.2 cm³/mol. The number of hydrogen-bond donors (Lipinski definition) is 2. The van der Waals surface area contributed by atoms with Gasteiger partial charge in [0.05, 0.1) is 5.69 Å². The lowest BCUT2D eigenvalue weighted by Crippen LogP contribution is -2.20. The second kappa shape index (κ2) is 4.74. The molecular weight excluding hydrogens is 200 g/mol. The van der Waals surface area contributed by atoms with Gasteiger partial charge in [-0.1, -0.05) is 19.4 Å². The Morgan fingerprint density at radius 1 is 1.50 bits per heavy atom. The molecule has 1 aromatic carbocycles. The zero-order valence-corrected chi connectivity index (χ0v) is 9.82. The number of hydrogen-bond acceptors (Lipinski definition) is 3. The lowest BCUT2D eigenvalue weighted by Gasteiger charge is -2.16. The molecule has 1 heterocycles. The zero-order valence-electron chi connectivity index (χ0n) is 9.82. The van der Waals surface area contributed by atoms with E-state index >= 15 is 0 Å². The van der Waals surface area contributed by atoms with Crippen LogP contribution in [0.25, 0.3) is 0 Å². The molecule has 0 amide bonds. The molecule has 0 aromatic heterocycles. The van der Waals surface area contributed by atoms with E-state index in [4.69, 9.17) is 5.73 Å². The Labute approximate surface area is 96.9 Å². The quantitative estimate of drug-likeness (QED) is 0.606. The van der Waals surface area contributed by atoms with Crippen LogP contribution < -0.4 is 5.73 Å². The fraction of sp³-hybridized carbons (Fsp3) is 0.538. The first kappa shape index (κ1) is 11.3. The molecule has 1 aromatic rings. The Morgan fingerprint density at radius 3 is 2.94 bits per heavy atom. The third-order valence-corrected chi connectivity index (χ3v) is 3.45. The van der Waals surface area contributed by atoms with Gasteiger partial charge in [0, 0.05) is 13.1 Å². The van der Waals surface area contributed by atoms with Gasteiger partial charge in [0.2, 0.25) is 0 Å². The Hall–Kier alpha value is -1.22. The van der Waals surface area contributed by atoms with Crippen LogP contribution in [0.2, 0.25) is 0 Å². The summed E-state index contributed by atoms with van der Waals surface area (Å²) in [5.41, 5.74) is 7.34. The van der Waals surface area contributed by atoms with Gasteiger partial charge in [0.1, 0.15) is 5.75 Å². The highest BCUT2D eigenvalue weighted by molar-refractivity contribution is 5.53. The van der Waals surface area contributed by atoms with Gasteiger partial charge in [-0.3, -0.25) is 4.90 Å². The van der Waals surface area contributed by atoms with Crippen molar-refractivity contribution in [1.82, 2.24) is 4.90 Å². The van der Waals surface area contributed by atoms with Crippen LogP contribution in [0.4, 0.5) is 5.69 Å². The van der Waals surface area contributed by atoms with Gasteiger partial charge in [-0.25, -0.2) is 0 Å². The van der Waals surface area contributed by atoms with Crippen LogP contribution in [0.3, 0.4) is 0 Å². The van der Waals surface area contributed by atoms with Crippen molar-refractivity contribution in [3.05, 3.63) is 23.8 Å². The molecule has 0 radical (unpaired) electrons. The predicted octanol–water partition coefficient (Wildman–Crippen LogP) is 2.21. The highest BCUT2D eigenvalue weighted by Crippen LogP contribution is 2.24. The van der Waals surface area contributed by atoms with Gasteiger partial charge >= 0.3 is 0 Å². The van der Waals surface area contributed by atoms with Crippen LogP contribution in [-0.4, -0.2) is 23.1 Å². The largest absolute Gasteiger partial charge is 0.506 e. The van der Waals surface area contributed by atoms with Crippen molar-refractivity contribution >= 4 is 5.69 Å². The summed E-state index contributed by atoms with van der Waals surface area (Å²) in [4.78, 5) is 2.46. The Balaban J connectivity index is 1.97. The van der Waals surface area contributed by atoms with Crippen LogP contribution in [0, 0.1) is 5.92 Å². The minimum atomic E-state index is 0.177. The number of nitrogens with zero attached hydrogens (tertiary/aromatic N) is 1. The van der Waals surface area contributed by atoms with Gasteiger partial charge in [-0.2, -0.15) is 0 Å². The van der Waals surface area contributed by atoms with E-state index in [9.17, 15) is 5.11 Å². The summed E-state index contributed by atoms with van der Waals surface area (Å²) in [7, 11) is 0. The van der Waals surface area contributed by atoms with Crippen molar-refractivity contribution in [2.45, 2.75) is 26.3 Å². The number of nitrogens with two attached hydrogens (primary N) is 1. The lowest BCUT2D eigenvalue weighted by atomic mass is 10.1. The topological polar surface area (TPSA) is 49.5 Å². The van der Waals surface area contributed by atoms with Gasteiger partial charge in [-0.05, 0) is 36.6 Å². The van der Waals surface area contributed by atoms with Gasteiger partial charge in [-0.15, -0.1) is 0 Å². The van der Waals surface area contributed by atoms with E-state index < -0.39 is 0 Å². The van der Waals surface area contributed by atoms with Crippen LogP contribution in [0.15, 0.2) is 18.2 Å². The molecule has 0 aliphatic carbocycles. The molecule has 0 bridgehead atoms. The molecule has 3 nitrogen and oxygen atoms in total. The van der Waals surface area contributed by atoms with Crippen LogP contribution >= 0.6 is 0 Å². The Morgan fingerprint density at radius 2 is 2.31 bits per heavy atom. The number of aromatic hydroxyl groups is 1. The Kier molecular flexibility index (Phi) is 3.34. The molecule has 2 rings (SSSR count). The second-order valence-corrected chi connectivity index (χ2v) is 4.69. The molecule has 88 valence electrons. The van der Waals surface area contributed by atoms with E-state index in [0.29, 0.717) is 5.69 Å². The van der Waals surface area contributed by atoms with E-state index in [1.165, 1.54) is 31.5 Å². The third-order valence-electron chi connectivity index (χ3n) is 3.45. The molecule has 0 spiro atoms. The minimum absolute atomic E-state index is 0.177. The average molecular weight is 220 g/mol. The standard InChI is InChI=1S/C13H20N2O/c1-2-10-5-6-15(8-10)9-11-3-4-13(16)12(14)7-11/h3-4,7,10,16H,2,5-6,8-9,14H2,1H3. The molecule has 0 saturated carbocycles. The number of phenolic OH excluding ortho intramolecular Hbond substituents is 1. The normalized spacial score (nSPS) is 21.4. The molecule has 16 heavy (non-hydrogen) atoms. The maximum atomic E-state index is 9.35. The first-order valence-electron chi connectivity index (χ1n) is 5.98. The van der Waals surface area contributed by atoms with Crippen molar-refractivity contribution < 1.29 is 5.11 Å². The van der Waals surface area contributed by atoms with Crippen molar-refractivity contribution in [3.63, 3.8) is 0 Å². The van der Waals surface area contributed by atoms with E-state index in [-0.39, 0.29) is 5.75 Å². The van der Waals surface area contributed by atoms with Crippen LogP contribution in [0.5, 0.6) is 5.75 Å². The molecule has 1 atom stereocenters.